The number of imidazole rings is 1. The zero-order valence-electron chi connectivity index (χ0n) is 15.7. The molecule has 2 aromatic carbocycles. The van der Waals surface area contributed by atoms with Gasteiger partial charge in [0.05, 0.1) is 16.8 Å². The van der Waals surface area contributed by atoms with Crippen LogP contribution in [-0.4, -0.2) is 34.1 Å². The SMILES string of the molecule is CCn1c(SCC(=O)NCCc2ccc(OC(F)(F)F)cc2)nc2ccccc21. The summed E-state index contributed by atoms with van der Waals surface area (Å²) in [5.74, 6) is -0.149. The van der Waals surface area contributed by atoms with E-state index in [2.05, 4.69) is 19.6 Å². The fourth-order valence-electron chi connectivity index (χ4n) is 2.85. The highest BCUT2D eigenvalue weighted by molar-refractivity contribution is 7.99. The van der Waals surface area contributed by atoms with Gasteiger partial charge in [0.1, 0.15) is 5.75 Å². The Morgan fingerprint density at radius 3 is 2.59 bits per heavy atom. The van der Waals surface area contributed by atoms with Crippen molar-refractivity contribution in [1.82, 2.24) is 14.9 Å². The van der Waals surface area contributed by atoms with Gasteiger partial charge >= 0.3 is 6.36 Å². The van der Waals surface area contributed by atoms with Crippen LogP contribution in [0.25, 0.3) is 11.0 Å². The zero-order valence-corrected chi connectivity index (χ0v) is 16.5. The van der Waals surface area contributed by atoms with Gasteiger partial charge in [-0.05, 0) is 43.2 Å². The summed E-state index contributed by atoms with van der Waals surface area (Å²) in [7, 11) is 0. The molecule has 0 aliphatic heterocycles. The summed E-state index contributed by atoms with van der Waals surface area (Å²) in [6.07, 6.45) is -4.19. The molecule has 0 unspecified atom stereocenters. The number of carbonyl (C=O) groups excluding carboxylic acids is 1. The van der Waals surface area contributed by atoms with E-state index in [1.165, 1.54) is 23.9 Å². The van der Waals surface area contributed by atoms with E-state index in [1.807, 2.05) is 31.2 Å². The minimum absolute atomic E-state index is 0.123. The Morgan fingerprint density at radius 2 is 1.90 bits per heavy atom. The van der Waals surface area contributed by atoms with Gasteiger partial charge in [0.2, 0.25) is 5.91 Å². The Labute approximate surface area is 170 Å². The second-order valence-corrected chi connectivity index (χ2v) is 7.15. The van der Waals surface area contributed by atoms with Crippen LogP contribution < -0.4 is 10.1 Å². The van der Waals surface area contributed by atoms with Crippen LogP contribution in [0.1, 0.15) is 12.5 Å². The molecule has 1 N–H and O–H groups in total. The molecule has 0 saturated carbocycles. The highest BCUT2D eigenvalue weighted by Crippen LogP contribution is 2.24. The molecule has 1 heterocycles. The number of alkyl halides is 3. The number of ether oxygens (including phenoxy) is 1. The van der Waals surface area contributed by atoms with Crippen molar-refractivity contribution in [3.63, 3.8) is 0 Å². The molecule has 0 bridgehead atoms. The van der Waals surface area contributed by atoms with Crippen molar-refractivity contribution in [2.75, 3.05) is 12.3 Å². The largest absolute Gasteiger partial charge is 0.573 e. The van der Waals surface area contributed by atoms with E-state index < -0.39 is 6.36 Å². The average Bonchev–Trinajstić information content (AvgIpc) is 3.04. The molecule has 0 radical (unpaired) electrons. The van der Waals surface area contributed by atoms with Gasteiger partial charge in [0.25, 0.3) is 0 Å². The van der Waals surface area contributed by atoms with Gasteiger partial charge in [0, 0.05) is 13.1 Å². The summed E-state index contributed by atoms with van der Waals surface area (Å²) >= 11 is 1.38. The topological polar surface area (TPSA) is 56.2 Å². The van der Waals surface area contributed by atoms with Crippen molar-refractivity contribution in [1.29, 1.82) is 0 Å². The first kappa shape index (κ1) is 21.0. The molecule has 9 heteroatoms. The Kier molecular flexibility index (Phi) is 6.68. The Bertz CT molecular complexity index is 971. The first-order chi connectivity index (χ1) is 13.9. The summed E-state index contributed by atoms with van der Waals surface area (Å²) < 4.78 is 42.4. The predicted molar refractivity (Wildman–Crippen MR) is 106 cm³/mol. The molecule has 1 amide bonds. The van der Waals surface area contributed by atoms with Gasteiger partial charge in [-0.15, -0.1) is 13.2 Å². The number of nitrogens with one attached hydrogen (secondary N) is 1. The third kappa shape index (κ3) is 5.90. The number of nitrogens with zero attached hydrogens (tertiary/aromatic N) is 2. The number of rotatable bonds is 8. The molecular formula is C20H20F3N3O2S. The molecule has 5 nitrogen and oxygen atoms in total. The molecule has 3 aromatic rings. The summed E-state index contributed by atoms with van der Waals surface area (Å²) in [6, 6.07) is 13.4. The first-order valence-electron chi connectivity index (χ1n) is 9.05. The molecule has 29 heavy (non-hydrogen) atoms. The van der Waals surface area contributed by atoms with E-state index in [-0.39, 0.29) is 17.4 Å². The van der Waals surface area contributed by atoms with Crippen LogP contribution in [0.15, 0.2) is 53.7 Å². The monoisotopic (exact) mass is 423 g/mol. The Morgan fingerprint density at radius 1 is 1.17 bits per heavy atom. The van der Waals surface area contributed by atoms with Crippen LogP contribution >= 0.6 is 11.8 Å². The maximum atomic E-state index is 12.2. The highest BCUT2D eigenvalue weighted by Gasteiger charge is 2.30. The van der Waals surface area contributed by atoms with E-state index in [9.17, 15) is 18.0 Å². The third-order valence-electron chi connectivity index (χ3n) is 4.16. The molecule has 0 fully saturated rings. The van der Waals surface area contributed by atoms with Crippen molar-refractivity contribution in [2.45, 2.75) is 31.4 Å². The van der Waals surface area contributed by atoms with Crippen molar-refractivity contribution in [3.8, 4) is 5.75 Å². The van der Waals surface area contributed by atoms with E-state index in [1.54, 1.807) is 12.1 Å². The molecule has 1 aromatic heterocycles. The quantitative estimate of drug-likeness (QED) is 0.546. The van der Waals surface area contributed by atoms with Gasteiger partial charge in [-0.2, -0.15) is 0 Å². The van der Waals surface area contributed by atoms with Crippen molar-refractivity contribution < 1.29 is 22.7 Å². The van der Waals surface area contributed by atoms with Gasteiger partial charge in [0.15, 0.2) is 5.16 Å². The lowest BCUT2D eigenvalue weighted by Gasteiger charge is -2.09. The molecule has 3 rings (SSSR count). The lowest BCUT2D eigenvalue weighted by molar-refractivity contribution is -0.274. The molecule has 0 spiro atoms. The number of aryl methyl sites for hydroxylation is 1. The number of hydrogen-bond donors (Lipinski definition) is 1. The fourth-order valence-corrected chi connectivity index (χ4v) is 3.76. The summed E-state index contributed by atoms with van der Waals surface area (Å²) in [5.41, 5.74) is 2.74. The second kappa shape index (κ2) is 9.21. The van der Waals surface area contributed by atoms with E-state index in [0.29, 0.717) is 13.0 Å². The summed E-state index contributed by atoms with van der Waals surface area (Å²) in [5, 5.41) is 3.61. The fraction of sp³-hybridized carbons (Fsp3) is 0.300. The number of para-hydroxylation sites is 2. The number of aromatic nitrogens is 2. The summed E-state index contributed by atoms with van der Waals surface area (Å²) in [4.78, 5) is 16.7. The van der Waals surface area contributed by atoms with Crippen LogP contribution in [-0.2, 0) is 17.8 Å². The van der Waals surface area contributed by atoms with Crippen LogP contribution in [0.5, 0.6) is 5.75 Å². The number of hydrogen-bond acceptors (Lipinski definition) is 4. The zero-order chi connectivity index (χ0) is 20.9. The van der Waals surface area contributed by atoms with Crippen LogP contribution in [0.2, 0.25) is 0 Å². The number of amides is 1. The van der Waals surface area contributed by atoms with E-state index in [0.717, 1.165) is 28.3 Å². The maximum absolute atomic E-state index is 12.2. The number of carbonyl (C=O) groups is 1. The third-order valence-corrected chi connectivity index (χ3v) is 5.14. The average molecular weight is 423 g/mol. The minimum Gasteiger partial charge on any atom is -0.406 e. The number of benzene rings is 2. The smallest absolute Gasteiger partial charge is 0.406 e. The molecule has 0 saturated heterocycles. The number of thioether (sulfide) groups is 1. The van der Waals surface area contributed by atoms with E-state index in [4.69, 9.17) is 0 Å². The van der Waals surface area contributed by atoms with Gasteiger partial charge in [-0.1, -0.05) is 36.0 Å². The molecule has 0 atom stereocenters. The molecule has 154 valence electrons. The highest BCUT2D eigenvalue weighted by atomic mass is 32.2. The molecule has 0 aliphatic rings. The number of halogens is 3. The second-order valence-electron chi connectivity index (χ2n) is 6.21. The molecule has 0 aliphatic carbocycles. The first-order valence-corrected chi connectivity index (χ1v) is 10.0. The normalized spacial score (nSPS) is 11.6. The van der Waals surface area contributed by atoms with Crippen molar-refractivity contribution >= 4 is 28.7 Å². The standard InChI is InChI=1S/C20H20F3N3O2S/c1-2-26-17-6-4-3-5-16(17)25-19(26)29-13-18(27)24-12-11-14-7-9-15(10-8-14)28-20(21,22)23/h3-10H,2,11-13H2,1H3,(H,24,27). The van der Waals surface area contributed by atoms with Crippen LogP contribution in [0.3, 0.4) is 0 Å². The lowest BCUT2D eigenvalue weighted by Crippen LogP contribution is -2.27. The van der Waals surface area contributed by atoms with Gasteiger partial charge < -0.3 is 14.6 Å². The maximum Gasteiger partial charge on any atom is 0.573 e. The van der Waals surface area contributed by atoms with Crippen molar-refractivity contribution in [3.05, 3.63) is 54.1 Å². The van der Waals surface area contributed by atoms with Crippen LogP contribution in [0, 0.1) is 0 Å². The van der Waals surface area contributed by atoms with Crippen LogP contribution in [0.4, 0.5) is 13.2 Å². The van der Waals surface area contributed by atoms with E-state index >= 15 is 0 Å². The predicted octanol–water partition coefficient (Wildman–Crippen LogP) is 4.41. The summed E-state index contributed by atoms with van der Waals surface area (Å²) in [6.45, 7) is 3.19. The number of fused-ring (bicyclic) bond motifs is 1. The van der Waals surface area contributed by atoms with Crippen molar-refractivity contribution in [2.24, 2.45) is 0 Å². The van der Waals surface area contributed by atoms with Gasteiger partial charge in [-0.3, -0.25) is 4.79 Å². The van der Waals surface area contributed by atoms with Gasteiger partial charge in [-0.25, -0.2) is 4.98 Å². The minimum atomic E-state index is -4.70. The Balaban J connectivity index is 1.46. The lowest BCUT2D eigenvalue weighted by atomic mass is 10.1. The molecular weight excluding hydrogens is 403 g/mol. The Hall–Kier alpha value is -2.68.